The van der Waals surface area contributed by atoms with Crippen LogP contribution in [0.3, 0.4) is 0 Å². The second-order valence-electron chi connectivity index (χ2n) is 7.97. The number of carbonyl (C=O) groups is 1. The first-order valence-corrected chi connectivity index (χ1v) is 11.5. The first-order chi connectivity index (χ1) is 13.1. The van der Waals surface area contributed by atoms with Gasteiger partial charge in [-0.3, -0.25) is 4.79 Å². The quantitative estimate of drug-likeness (QED) is 0.597. The van der Waals surface area contributed by atoms with Gasteiger partial charge in [0.05, 0.1) is 6.20 Å². The number of fused-ring (bicyclic) bond motifs is 2. The second kappa shape index (κ2) is 6.75. The standard InChI is InChI=1S/C20H21BrClN3OS/c21-14-5-6-16-15(9-14)20(12-25(16)19-23-10-17(22)27-19)7-8-24(11-20)18(26)13-3-1-2-4-13/h5-6,9-10,13H,1-4,7-8,11-12H2. The van der Waals surface area contributed by atoms with Gasteiger partial charge in [0.1, 0.15) is 4.34 Å². The summed E-state index contributed by atoms with van der Waals surface area (Å²) in [5.74, 6) is 0.620. The highest BCUT2D eigenvalue weighted by molar-refractivity contribution is 9.10. The molecule has 2 aliphatic heterocycles. The second-order valence-corrected chi connectivity index (χ2v) is 10.5. The lowest BCUT2D eigenvalue weighted by molar-refractivity contribution is -0.134. The average Bonchev–Trinajstić information content (AvgIpc) is 3.43. The van der Waals surface area contributed by atoms with Gasteiger partial charge >= 0.3 is 0 Å². The summed E-state index contributed by atoms with van der Waals surface area (Å²) in [6, 6.07) is 6.47. The molecular formula is C20H21BrClN3OS. The van der Waals surface area contributed by atoms with Crippen molar-refractivity contribution in [3.63, 3.8) is 0 Å². The van der Waals surface area contributed by atoms with Crippen molar-refractivity contribution in [1.29, 1.82) is 0 Å². The van der Waals surface area contributed by atoms with Gasteiger partial charge in [0.15, 0.2) is 5.13 Å². The van der Waals surface area contributed by atoms with E-state index in [1.165, 1.54) is 35.4 Å². The molecule has 4 nitrogen and oxygen atoms in total. The fraction of sp³-hybridized carbons (Fsp3) is 0.500. The number of amides is 1. The lowest BCUT2D eigenvalue weighted by Crippen LogP contribution is -2.39. The van der Waals surface area contributed by atoms with Gasteiger partial charge in [0, 0.05) is 41.1 Å². The van der Waals surface area contributed by atoms with Crippen LogP contribution >= 0.6 is 38.9 Å². The highest BCUT2D eigenvalue weighted by Crippen LogP contribution is 2.51. The molecule has 7 heteroatoms. The minimum Gasteiger partial charge on any atom is -0.341 e. The van der Waals surface area contributed by atoms with Crippen LogP contribution in [0.5, 0.6) is 0 Å². The molecule has 2 fully saturated rings. The highest BCUT2D eigenvalue weighted by atomic mass is 79.9. The summed E-state index contributed by atoms with van der Waals surface area (Å²) in [6.07, 6.45) is 7.25. The van der Waals surface area contributed by atoms with Crippen LogP contribution in [0.2, 0.25) is 4.34 Å². The largest absolute Gasteiger partial charge is 0.341 e. The van der Waals surface area contributed by atoms with E-state index in [4.69, 9.17) is 11.6 Å². The summed E-state index contributed by atoms with van der Waals surface area (Å²) in [5, 5.41) is 0.931. The maximum absolute atomic E-state index is 13.0. The van der Waals surface area contributed by atoms with E-state index in [9.17, 15) is 4.79 Å². The summed E-state index contributed by atoms with van der Waals surface area (Å²) in [7, 11) is 0. The Morgan fingerprint density at radius 1 is 1.30 bits per heavy atom. The van der Waals surface area contributed by atoms with Gasteiger partial charge in [-0.25, -0.2) is 4.98 Å². The van der Waals surface area contributed by atoms with E-state index in [2.05, 4.69) is 48.9 Å². The molecule has 0 N–H and O–H groups in total. The zero-order valence-electron chi connectivity index (χ0n) is 15.0. The lowest BCUT2D eigenvalue weighted by atomic mass is 9.81. The van der Waals surface area contributed by atoms with Crippen molar-refractivity contribution in [2.24, 2.45) is 5.92 Å². The summed E-state index contributed by atoms with van der Waals surface area (Å²) in [5.41, 5.74) is 2.50. The lowest BCUT2D eigenvalue weighted by Gasteiger charge is -2.27. The molecule has 1 unspecified atom stereocenters. The van der Waals surface area contributed by atoms with E-state index in [0.29, 0.717) is 10.2 Å². The van der Waals surface area contributed by atoms with E-state index >= 15 is 0 Å². The number of halogens is 2. The van der Waals surface area contributed by atoms with Crippen LogP contribution in [0.25, 0.3) is 0 Å². The Hall–Kier alpha value is -1.11. The third-order valence-corrected chi connectivity index (χ3v) is 7.98. The fourth-order valence-corrected chi connectivity index (χ4v) is 6.30. The van der Waals surface area contributed by atoms with Crippen molar-refractivity contribution in [3.8, 4) is 0 Å². The SMILES string of the molecule is O=C(C1CCCC1)N1CCC2(C1)CN(c1ncc(Cl)s1)c1ccc(Br)cc12. The molecule has 1 aromatic heterocycles. The zero-order chi connectivity index (χ0) is 18.6. The topological polar surface area (TPSA) is 36.4 Å². The Labute approximate surface area is 176 Å². The smallest absolute Gasteiger partial charge is 0.225 e. The van der Waals surface area contributed by atoms with Crippen LogP contribution in [-0.4, -0.2) is 35.4 Å². The molecule has 1 saturated carbocycles. The molecule has 1 atom stereocenters. The molecule has 142 valence electrons. The summed E-state index contributed by atoms with van der Waals surface area (Å²) in [4.78, 5) is 21.9. The molecule has 2 aromatic rings. The van der Waals surface area contributed by atoms with Crippen LogP contribution in [0.15, 0.2) is 28.9 Å². The first-order valence-electron chi connectivity index (χ1n) is 9.53. The van der Waals surface area contributed by atoms with Gasteiger partial charge in [-0.15, -0.1) is 0 Å². The third kappa shape index (κ3) is 3.00. The number of thiazole rings is 1. The first kappa shape index (κ1) is 18.0. The molecule has 1 aliphatic carbocycles. The van der Waals surface area contributed by atoms with E-state index in [1.807, 2.05) is 0 Å². The molecule has 0 bridgehead atoms. The zero-order valence-corrected chi connectivity index (χ0v) is 18.1. The monoisotopic (exact) mass is 465 g/mol. The van der Waals surface area contributed by atoms with Gasteiger partial charge in [0.25, 0.3) is 0 Å². The molecular weight excluding hydrogens is 446 g/mol. The Morgan fingerprint density at radius 2 is 2.11 bits per heavy atom. The normalized spacial score (nSPS) is 25.0. The Balaban J connectivity index is 1.48. The Kier molecular flexibility index (Phi) is 4.49. The summed E-state index contributed by atoms with van der Waals surface area (Å²) in [6.45, 7) is 2.52. The van der Waals surface area contributed by atoms with Crippen LogP contribution in [0.4, 0.5) is 10.8 Å². The van der Waals surface area contributed by atoms with Crippen molar-refractivity contribution in [1.82, 2.24) is 9.88 Å². The Bertz CT molecular complexity index is 897. The maximum Gasteiger partial charge on any atom is 0.225 e. The van der Waals surface area contributed by atoms with Gasteiger partial charge in [-0.2, -0.15) is 0 Å². The number of benzene rings is 1. The van der Waals surface area contributed by atoms with Crippen molar-refractivity contribution < 1.29 is 4.79 Å². The van der Waals surface area contributed by atoms with Crippen molar-refractivity contribution in [2.75, 3.05) is 24.5 Å². The van der Waals surface area contributed by atoms with Crippen LogP contribution < -0.4 is 4.90 Å². The number of hydrogen-bond acceptors (Lipinski definition) is 4. The predicted molar refractivity (Wildman–Crippen MR) is 113 cm³/mol. The number of anilines is 2. The molecule has 1 spiro atoms. The number of aromatic nitrogens is 1. The van der Waals surface area contributed by atoms with Gasteiger partial charge < -0.3 is 9.80 Å². The van der Waals surface area contributed by atoms with Crippen LogP contribution in [0.1, 0.15) is 37.7 Å². The number of likely N-dealkylation sites (tertiary alicyclic amines) is 1. The van der Waals surface area contributed by atoms with E-state index in [-0.39, 0.29) is 11.3 Å². The van der Waals surface area contributed by atoms with E-state index in [1.54, 1.807) is 6.20 Å². The molecule has 0 radical (unpaired) electrons. The minimum absolute atomic E-state index is 0.0223. The van der Waals surface area contributed by atoms with E-state index < -0.39 is 0 Å². The summed E-state index contributed by atoms with van der Waals surface area (Å²) >= 11 is 11.3. The molecule has 1 saturated heterocycles. The Morgan fingerprint density at radius 3 is 2.85 bits per heavy atom. The van der Waals surface area contributed by atoms with Crippen molar-refractivity contribution in [3.05, 3.63) is 38.8 Å². The minimum atomic E-state index is -0.0223. The highest BCUT2D eigenvalue weighted by Gasteiger charge is 2.49. The number of hydrogen-bond donors (Lipinski definition) is 0. The van der Waals surface area contributed by atoms with Gasteiger partial charge in [-0.05, 0) is 43.0 Å². The summed E-state index contributed by atoms with van der Waals surface area (Å²) < 4.78 is 1.79. The molecule has 3 heterocycles. The number of carbonyl (C=O) groups excluding carboxylic acids is 1. The number of nitrogens with zero attached hydrogens (tertiary/aromatic N) is 3. The van der Waals surface area contributed by atoms with Gasteiger partial charge in [-0.1, -0.05) is 51.7 Å². The molecule has 1 amide bonds. The average molecular weight is 467 g/mol. The van der Waals surface area contributed by atoms with Crippen LogP contribution in [-0.2, 0) is 10.2 Å². The van der Waals surface area contributed by atoms with Gasteiger partial charge in [0.2, 0.25) is 5.91 Å². The molecule has 3 aliphatic rings. The van der Waals surface area contributed by atoms with Crippen LogP contribution in [0, 0.1) is 5.92 Å². The molecule has 27 heavy (non-hydrogen) atoms. The fourth-order valence-electron chi connectivity index (χ4n) is 5.02. The third-order valence-electron chi connectivity index (χ3n) is 6.35. The molecule has 5 rings (SSSR count). The molecule has 1 aromatic carbocycles. The number of rotatable bonds is 2. The predicted octanol–water partition coefficient (Wildman–Crippen LogP) is 5.37. The van der Waals surface area contributed by atoms with Crippen molar-refractivity contribution in [2.45, 2.75) is 37.5 Å². The maximum atomic E-state index is 13.0. The van der Waals surface area contributed by atoms with Crippen molar-refractivity contribution >= 4 is 55.6 Å². The van der Waals surface area contributed by atoms with E-state index in [0.717, 1.165) is 48.5 Å².